The van der Waals surface area contributed by atoms with Crippen molar-refractivity contribution >= 4 is 22.9 Å². The van der Waals surface area contributed by atoms with Gasteiger partial charge in [-0.25, -0.2) is 15.0 Å². The number of morpholine rings is 2. The van der Waals surface area contributed by atoms with E-state index in [0.29, 0.717) is 25.1 Å². The standard InChI is InChI=1S/C28H35N9O2/c1-3-37-27-24(29-28(37)36-10-9-34-11-16-39-19-22(34)18-36)26(35-12-14-38-15-13-35)30-25(31-27)21-6-4-5-20(17-21)23-7-8-33(2)32-23/h4-8,17,22H,3,9-16,18-19H2,1-2H3/t22-/m1/s1. The first kappa shape index (κ1) is 24.5. The number of hydrogen-bond donors (Lipinski definition) is 0. The predicted molar refractivity (Wildman–Crippen MR) is 150 cm³/mol. The van der Waals surface area contributed by atoms with E-state index in [4.69, 9.17) is 24.4 Å². The molecule has 0 saturated carbocycles. The molecule has 0 bridgehead atoms. The lowest BCUT2D eigenvalue weighted by atomic mass is 10.1. The molecule has 7 rings (SSSR count). The Bertz CT molecular complexity index is 1480. The maximum absolute atomic E-state index is 5.80. The van der Waals surface area contributed by atoms with Gasteiger partial charge >= 0.3 is 0 Å². The molecular formula is C28H35N9O2. The number of piperazine rings is 1. The van der Waals surface area contributed by atoms with Gasteiger partial charge in [0.15, 0.2) is 22.8 Å². The number of nitrogens with zero attached hydrogens (tertiary/aromatic N) is 9. The van der Waals surface area contributed by atoms with Gasteiger partial charge in [-0.2, -0.15) is 5.10 Å². The van der Waals surface area contributed by atoms with E-state index in [0.717, 1.165) is 98.8 Å². The third-order valence-electron chi connectivity index (χ3n) is 8.03. The Hall–Kier alpha value is -3.54. The highest BCUT2D eigenvalue weighted by Gasteiger charge is 2.33. The van der Waals surface area contributed by atoms with Crippen molar-refractivity contribution in [1.82, 2.24) is 34.2 Å². The number of hydrogen-bond acceptors (Lipinski definition) is 9. The second-order valence-corrected chi connectivity index (χ2v) is 10.5. The number of fused-ring (bicyclic) bond motifs is 2. The summed E-state index contributed by atoms with van der Waals surface area (Å²) in [5.74, 6) is 2.56. The average Bonchev–Trinajstić information content (AvgIpc) is 3.60. The molecule has 39 heavy (non-hydrogen) atoms. The van der Waals surface area contributed by atoms with E-state index < -0.39 is 0 Å². The number of ether oxygens (including phenoxy) is 2. The van der Waals surface area contributed by atoms with Crippen LogP contribution in [0.25, 0.3) is 33.8 Å². The van der Waals surface area contributed by atoms with Crippen LogP contribution in [0.3, 0.4) is 0 Å². The van der Waals surface area contributed by atoms with Crippen molar-refractivity contribution in [3.8, 4) is 22.6 Å². The molecule has 204 valence electrons. The molecule has 3 aliphatic heterocycles. The lowest BCUT2D eigenvalue weighted by Crippen LogP contribution is -2.58. The molecule has 1 atom stereocenters. The molecule has 6 heterocycles. The molecule has 3 fully saturated rings. The van der Waals surface area contributed by atoms with Crippen LogP contribution >= 0.6 is 0 Å². The normalized spacial score (nSPS) is 20.5. The third kappa shape index (κ3) is 4.54. The van der Waals surface area contributed by atoms with Gasteiger partial charge in [0.05, 0.1) is 38.2 Å². The van der Waals surface area contributed by atoms with Crippen molar-refractivity contribution in [2.45, 2.75) is 19.5 Å². The monoisotopic (exact) mass is 529 g/mol. The molecule has 0 N–H and O–H groups in total. The number of anilines is 2. The first-order valence-corrected chi connectivity index (χ1v) is 14.0. The molecule has 11 heteroatoms. The van der Waals surface area contributed by atoms with Crippen molar-refractivity contribution in [2.24, 2.45) is 7.05 Å². The van der Waals surface area contributed by atoms with E-state index in [1.54, 1.807) is 0 Å². The fraction of sp³-hybridized carbons (Fsp3) is 0.500. The molecule has 3 saturated heterocycles. The van der Waals surface area contributed by atoms with Crippen LogP contribution < -0.4 is 9.80 Å². The summed E-state index contributed by atoms with van der Waals surface area (Å²) >= 11 is 0. The maximum atomic E-state index is 5.80. The molecule has 4 aromatic rings. The number of imidazole rings is 1. The number of rotatable bonds is 5. The minimum Gasteiger partial charge on any atom is -0.378 e. The van der Waals surface area contributed by atoms with Gasteiger partial charge in [0.1, 0.15) is 0 Å². The van der Waals surface area contributed by atoms with E-state index in [1.807, 2.05) is 24.0 Å². The van der Waals surface area contributed by atoms with Crippen LogP contribution in [0.15, 0.2) is 36.5 Å². The van der Waals surface area contributed by atoms with E-state index >= 15 is 0 Å². The molecule has 11 nitrogen and oxygen atoms in total. The smallest absolute Gasteiger partial charge is 0.208 e. The SMILES string of the molecule is CCn1c(N2CCN3CCOC[C@H]3C2)nc2c(N3CCOCC3)nc(-c3cccc(-c4ccn(C)n4)c3)nc21. The van der Waals surface area contributed by atoms with Crippen molar-refractivity contribution in [3.05, 3.63) is 36.5 Å². The van der Waals surface area contributed by atoms with Gasteiger partial charge in [-0.1, -0.05) is 18.2 Å². The first-order chi connectivity index (χ1) is 19.2. The zero-order valence-electron chi connectivity index (χ0n) is 22.7. The van der Waals surface area contributed by atoms with E-state index in [2.05, 4.69) is 55.6 Å². The highest BCUT2D eigenvalue weighted by Crippen LogP contribution is 2.33. The van der Waals surface area contributed by atoms with Crippen LogP contribution in [0.5, 0.6) is 0 Å². The Balaban J connectivity index is 1.34. The molecule has 0 amide bonds. The fourth-order valence-corrected chi connectivity index (χ4v) is 5.95. The zero-order valence-corrected chi connectivity index (χ0v) is 22.7. The first-order valence-electron chi connectivity index (χ1n) is 14.0. The van der Waals surface area contributed by atoms with Gasteiger partial charge in [-0.05, 0) is 19.1 Å². The van der Waals surface area contributed by atoms with Gasteiger partial charge in [-0.3, -0.25) is 14.1 Å². The Labute approximate surface area is 228 Å². The van der Waals surface area contributed by atoms with Gasteiger partial charge in [0, 0.05) is 70.2 Å². The summed E-state index contributed by atoms with van der Waals surface area (Å²) in [7, 11) is 1.93. The lowest BCUT2D eigenvalue weighted by molar-refractivity contribution is -0.0119. The van der Waals surface area contributed by atoms with Crippen LogP contribution in [-0.4, -0.2) is 106 Å². The summed E-state index contributed by atoms with van der Waals surface area (Å²) in [6.07, 6.45) is 1.96. The summed E-state index contributed by atoms with van der Waals surface area (Å²) in [5, 5.41) is 4.59. The van der Waals surface area contributed by atoms with Crippen LogP contribution in [0.4, 0.5) is 11.8 Å². The Morgan fingerprint density at radius 3 is 2.56 bits per heavy atom. The van der Waals surface area contributed by atoms with E-state index in [1.165, 1.54) is 0 Å². The number of aryl methyl sites for hydroxylation is 2. The van der Waals surface area contributed by atoms with Crippen molar-refractivity contribution in [3.63, 3.8) is 0 Å². The summed E-state index contributed by atoms with van der Waals surface area (Å²) < 4.78 is 15.5. The fourth-order valence-electron chi connectivity index (χ4n) is 5.95. The summed E-state index contributed by atoms with van der Waals surface area (Å²) in [6.45, 7) is 11.4. The average molecular weight is 530 g/mol. The Morgan fingerprint density at radius 2 is 1.74 bits per heavy atom. The molecule has 0 radical (unpaired) electrons. The molecule has 1 aromatic carbocycles. The van der Waals surface area contributed by atoms with E-state index in [-0.39, 0.29) is 0 Å². The topological polar surface area (TPSA) is 89.6 Å². The van der Waals surface area contributed by atoms with Gasteiger partial charge in [-0.15, -0.1) is 0 Å². The lowest BCUT2D eigenvalue weighted by Gasteiger charge is -2.44. The van der Waals surface area contributed by atoms with Crippen LogP contribution in [0, 0.1) is 0 Å². The zero-order chi connectivity index (χ0) is 26.3. The van der Waals surface area contributed by atoms with E-state index in [9.17, 15) is 0 Å². The maximum Gasteiger partial charge on any atom is 0.208 e. The van der Waals surface area contributed by atoms with Crippen LogP contribution in [0.1, 0.15) is 6.92 Å². The second-order valence-electron chi connectivity index (χ2n) is 10.5. The van der Waals surface area contributed by atoms with Crippen molar-refractivity contribution < 1.29 is 9.47 Å². The quantitative estimate of drug-likeness (QED) is 0.386. The molecule has 3 aromatic heterocycles. The summed E-state index contributed by atoms with van der Waals surface area (Å²) in [6, 6.07) is 10.8. The predicted octanol–water partition coefficient (Wildman–Crippen LogP) is 2.27. The van der Waals surface area contributed by atoms with Crippen LogP contribution in [0.2, 0.25) is 0 Å². The molecule has 0 unspecified atom stereocenters. The minimum atomic E-state index is 0.396. The summed E-state index contributed by atoms with van der Waals surface area (Å²) in [4.78, 5) is 22.8. The molecular weight excluding hydrogens is 494 g/mol. The second kappa shape index (κ2) is 10.2. The minimum absolute atomic E-state index is 0.396. The van der Waals surface area contributed by atoms with Crippen LogP contribution in [-0.2, 0) is 23.1 Å². The number of benzene rings is 1. The highest BCUT2D eigenvalue weighted by molar-refractivity contribution is 5.88. The van der Waals surface area contributed by atoms with Gasteiger partial charge < -0.3 is 19.3 Å². The van der Waals surface area contributed by atoms with Crippen molar-refractivity contribution in [1.29, 1.82) is 0 Å². The summed E-state index contributed by atoms with van der Waals surface area (Å²) in [5.41, 5.74) is 4.68. The van der Waals surface area contributed by atoms with Crippen molar-refractivity contribution in [2.75, 3.05) is 75.5 Å². The Kier molecular flexibility index (Phi) is 6.42. The highest BCUT2D eigenvalue weighted by atomic mass is 16.5. The third-order valence-corrected chi connectivity index (χ3v) is 8.03. The molecule has 3 aliphatic rings. The van der Waals surface area contributed by atoms with Gasteiger partial charge in [0.25, 0.3) is 0 Å². The molecule has 0 aliphatic carbocycles. The largest absolute Gasteiger partial charge is 0.378 e. The molecule has 0 spiro atoms. The van der Waals surface area contributed by atoms with Gasteiger partial charge in [0.2, 0.25) is 5.95 Å². The Morgan fingerprint density at radius 1 is 0.897 bits per heavy atom. The number of aromatic nitrogens is 6.